The van der Waals surface area contributed by atoms with Crippen molar-refractivity contribution < 1.29 is 0 Å². The number of nitrogens with zero attached hydrogens (tertiary/aromatic N) is 2. The number of rotatable bonds is 3. The molecule has 1 aliphatic rings. The molecule has 1 aromatic carbocycles. The maximum atomic E-state index is 4.34. The number of likely N-dealkylation sites (tertiary alicyclic amines) is 1. The molecule has 100 valence electrons. The van der Waals surface area contributed by atoms with Gasteiger partial charge >= 0.3 is 0 Å². The van der Waals surface area contributed by atoms with Crippen LogP contribution in [0.2, 0.25) is 0 Å². The van der Waals surface area contributed by atoms with Crippen molar-refractivity contribution in [1.29, 1.82) is 0 Å². The normalized spacial score (nSPS) is 17.7. The highest BCUT2D eigenvalue weighted by Crippen LogP contribution is 2.28. The van der Waals surface area contributed by atoms with Gasteiger partial charge in [0.05, 0.1) is 5.01 Å². The molecule has 0 radical (unpaired) electrons. The van der Waals surface area contributed by atoms with E-state index in [0.717, 1.165) is 12.5 Å². The number of benzene rings is 1. The number of hydrogen-bond donors (Lipinski definition) is 0. The molecule has 19 heavy (non-hydrogen) atoms. The van der Waals surface area contributed by atoms with Crippen LogP contribution in [0.1, 0.15) is 34.2 Å². The van der Waals surface area contributed by atoms with Gasteiger partial charge < -0.3 is 0 Å². The van der Waals surface area contributed by atoms with E-state index in [2.05, 4.69) is 47.1 Å². The highest BCUT2D eigenvalue weighted by molar-refractivity contribution is 7.11. The van der Waals surface area contributed by atoms with Crippen molar-refractivity contribution in [3.8, 4) is 0 Å². The Morgan fingerprint density at radius 2 is 1.95 bits per heavy atom. The maximum Gasteiger partial charge on any atom is 0.0897 e. The Kier molecular flexibility index (Phi) is 3.95. The number of thiazole rings is 1. The lowest BCUT2D eigenvalue weighted by Crippen LogP contribution is -2.32. The van der Waals surface area contributed by atoms with E-state index in [1.54, 1.807) is 0 Å². The SMILES string of the molecule is Cc1ncc(CN2CCC(c3ccccc3)CC2)s1. The molecule has 1 aliphatic heterocycles. The number of hydrogen-bond acceptors (Lipinski definition) is 3. The van der Waals surface area contributed by atoms with E-state index in [9.17, 15) is 0 Å². The second-order valence-corrected chi connectivity index (χ2v) is 6.63. The van der Waals surface area contributed by atoms with E-state index in [-0.39, 0.29) is 0 Å². The van der Waals surface area contributed by atoms with E-state index >= 15 is 0 Å². The van der Waals surface area contributed by atoms with Crippen LogP contribution in [0, 0.1) is 6.92 Å². The van der Waals surface area contributed by atoms with Crippen LogP contribution >= 0.6 is 11.3 Å². The Bertz CT molecular complexity index is 513. The van der Waals surface area contributed by atoms with Crippen molar-refractivity contribution in [2.75, 3.05) is 13.1 Å². The molecule has 1 fully saturated rings. The predicted octanol–water partition coefficient (Wildman–Crippen LogP) is 3.83. The Morgan fingerprint density at radius 3 is 2.58 bits per heavy atom. The molecule has 2 heterocycles. The molecule has 3 heteroatoms. The van der Waals surface area contributed by atoms with Gasteiger partial charge in [-0.25, -0.2) is 4.98 Å². The summed E-state index contributed by atoms with van der Waals surface area (Å²) in [4.78, 5) is 8.30. The lowest BCUT2D eigenvalue weighted by Gasteiger charge is -2.31. The van der Waals surface area contributed by atoms with E-state index in [1.807, 2.05) is 17.5 Å². The zero-order valence-corrected chi connectivity index (χ0v) is 12.2. The Hall–Kier alpha value is -1.19. The first kappa shape index (κ1) is 12.8. The highest BCUT2D eigenvalue weighted by Gasteiger charge is 2.20. The molecular weight excluding hydrogens is 252 g/mol. The molecule has 2 aromatic rings. The minimum Gasteiger partial charge on any atom is -0.298 e. The standard InChI is InChI=1S/C16H20N2S/c1-13-17-11-16(19-13)12-18-9-7-15(8-10-18)14-5-3-2-4-6-14/h2-6,11,15H,7-10,12H2,1H3. The van der Waals surface area contributed by atoms with Crippen LogP contribution in [0.5, 0.6) is 0 Å². The van der Waals surface area contributed by atoms with Crippen LogP contribution in [0.25, 0.3) is 0 Å². The Morgan fingerprint density at radius 1 is 1.21 bits per heavy atom. The summed E-state index contributed by atoms with van der Waals surface area (Å²) in [5, 5.41) is 1.18. The zero-order valence-electron chi connectivity index (χ0n) is 11.4. The van der Waals surface area contributed by atoms with Crippen LogP contribution in [0.4, 0.5) is 0 Å². The Labute approximate surface area is 119 Å². The molecule has 1 saturated heterocycles. The highest BCUT2D eigenvalue weighted by atomic mass is 32.1. The van der Waals surface area contributed by atoms with E-state index in [0.29, 0.717) is 0 Å². The van der Waals surface area contributed by atoms with Gasteiger partial charge in [0.1, 0.15) is 0 Å². The third kappa shape index (κ3) is 3.23. The monoisotopic (exact) mass is 272 g/mol. The molecule has 0 aliphatic carbocycles. The van der Waals surface area contributed by atoms with Crippen molar-refractivity contribution in [1.82, 2.24) is 9.88 Å². The molecule has 0 unspecified atom stereocenters. The summed E-state index contributed by atoms with van der Waals surface area (Å²) in [5.74, 6) is 0.751. The summed E-state index contributed by atoms with van der Waals surface area (Å²) in [6.45, 7) is 5.57. The van der Waals surface area contributed by atoms with Crippen molar-refractivity contribution >= 4 is 11.3 Å². The van der Waals surface area contributed by atoms with Gasteiger partial charge in [0.15, 0.2) is 0 Å². The number of piperidine rings is 1. The van der Waals surface area contributed by atoms with E-state index < -0.39 is 0 Å². The molecule has 0 amide bonds. The first-order valence-corrected chi connectivity index (χ1v) is 7.81. The quantitative estimate of drug-likeness (QED) is 0.844. The third-order valence-corrected chi connectivity index (χ3v) is 4.80. The van der Waals surface area contributed by atoms with Crippen molar-refractivity contribution in [3.05, 3.63) is 52.0 Å². The topological polar surface area (TPSA) is 16.1 Å². The summed E-state index contributed by atoms with van der Waals surface area (Å²) in [5.41, 5.74) is 1.51. The van der Waals surface area contributed by atoms with Gasteiger partial charge in [0.25, 0.3) is 0 Å². The van der Waals surface area contributed by atoms with Crippen LogP contribution in [0.3, 0.4) is 0 Å². The smallest absolute Gasteiger partial charge is 0.0897 e. The predicted molar refractivity (Wildman–Crippen MR) is 80.5 cm³/mol. The molecule has 0 bridgehead atoms. The average molecular weight is 272 g/mol. The van der Waals surface area contributed by atoms with Crippen LogP contribution in [-0.2, 0) is 6.54 Å². The fourth-order valence-corrected chi connectivity index (χ4v) is 3.69. The first-order chi connectivity index (χ1) is 9.31. The first-order valence-electron chi connectivity index (χ1n) is 7.00. The fraction of sp³-hybridized carbons (Fsp3) is 0.438. The molecule has 0 atom stereocenters. The van der Waals surface area contributed by atoms with Crippen molar-refractivity contribution in [2.45, 2.75) is 32.2 Å². The molecule has 0 saturated carbocycles. The van der Waals surface area contributed by atoms with Gasteiger partial charge in [0.2, 0.25) is 0 Å². The van der Waals surface area contributed by atoms with Gasteiger partial charge in [-0.05, 0) is 44.3 Å². The maximum absolute atomic E-state index is 4.34. The van der Waals surface area contributed by atoms with Crippen molar-refractivity contribution in [3.63, 3.8) is 0 Å². The zero-order chi connectivity index (χ0) is 13.1. The molecule has 1 aromatic heterocycles. The summed E-state index contributed by atoms with van der Waals surface area (Å²) in [7, 11) is 0. The lowest BCUT2D eigenvalue weighted by atomic mass is 9.89. The molecule has 0 N–H and O–H groups in total. The van der Waals surface area contributed by atoms with E-state index in [1.165, 1.54) is 41.4 Å². The van der Waals surface area contributed by atoms with Crippen LogP contribution < -0.4 is 0 Å². The van der Waals surface area contributed by atoms with Gasteiger partial charge in [-0.15, -0.1) is 11.3 Å². The molecule has 2 nitrogen and oxygen atoms in total. The number of aromatic nitrogens is 1. The summed E-state index contributed by atoms with van der Waals surface area (Å²) in [6, 6.07) is 11.0. The number of aryl methyl sites for hydroxylation is 1. The lowest BCUT2D eigenvalue weighted by molar-refractivity contribution is 0.206. The second-order valence-electron chi connectivity index (χ2n) is 5.31. The summed E-state index contributed by atoms with van der Waals surface area (Å²) < 4.78 is 0. The summed E-state index contributed by atoms with van der Waals surface area (Å²) >= 11 is 1.83. The van der Waals surface area contributed by atoms with Crippen LogP contribution in [-0.4, -0.2) is 23.0 Å². The third-order valence-electron chi connectivity index (χ3n) is 3.91. The minimum atomic E-state index is 0.751. The van der Waals surface area contributed by atoms with Gasteiger partial charge in [-0.3, -0.25) is 4.90 Å². The van der Waals surface area contributed by atoms with Crippen LogP contribution in [0.15, 0.2) is 36.5 Å². The second kappa shape index (κ2) is 5.85. The van der Waals surface area contributed by atoms with Gasteiger partial charge in [0, 0.05) is 17.6 Å². The van der Waals surface area contributed by atoms with Gasteiger partial charge in [-0.1, -0.05) is 30.3 Å². The molecular formula is C16H20N2S. The fourth-order valence-electron chi connectivity index (χ4n) is 2.85. The summed E-state index contributed by atoms with van der Waals surface area (Å²) in [6.07, 6.45) is 4.59. The Balaban J connectivity index is 1.55. The van der Waals surface area contributed by atoms with Gasteiger partial charge in [-0.2, -0.15) is 0 Å². The minimum absolute atomic E-state index is 0.751. The van der Waals surface area contributed by atoms with E-state index in [4.69, 9.17) is 0 Å². The molecule has 0 spiro atoms. The molecule has 3 rings (SSSR count). The largest absolute Gasteiger partial charge is 0.298 e. The average Bonchev–Trinajstić information content (AvgIpc) is 2.86. The van der Waals surface area contributed by atoms with Crippen molar-refractivity contribution in [2.24, 2.45) is 0 Å².